The molecule has 1 aliphatic heterocycles. The molecule has 8 nitrogen and oxygen atoms in total. The molecule has 8 heteroatoms. The van der Waals surface area contributed by atoms with Gasteiger partial charge in [0, 0.05) is 30.8 Å². The molecule has 3 aromatic rings. The normalized spacial score (nSPS) is 15.0. The zero-order valence-electron chi connectivity index (χ0n) is 17.1. The summed E-state index contributed by atoms with van der Waals surface area (Å²) >= 11 is 0. The number of hydrogen-bond donors (Lipinski definition) is 0. The van der Waals surface area contributed by atoms with Crippen LogP contribution < -0.4 is 0 Å². The van der Waals surface area contributed by atoms with Crippen molar-refractivity contribution in [2.24, 2.45) is 0 Å². The highest BCUT2D eigenvalue weighted by molar-refractivity contribution is 5.95. The fraction of sp³-hybridized carbons (Fsp3) is 0.476. The summed E-state index contributed by atoms with van der Waals surface area (Å²) in [4.78, 5) is 23.8. The van der Waals surface area contributed by atoms with Gasteiger partial charge in [-0.15, -0.1) is 0 Å². The molecule has 0 aromatic carbocycles. The Morgan fingerprint density at radius 3 is 2.62 bits per heavy atom. The standard InChI is InChI=1S/C21H26N6O2/c1-14(2)19-24-20(29-25-19)16-8-9-22-18(12-16)27-15(3)17(13-23-27)21(28)26-10-6-4-5-7-11-26/h8-9,12-14H,4-7,10-11H2,1-3H3. The van der Waals surface area contributed by atoms with Crippen LogP contribution in [0.5, 0.6) is 0 Å². The lowest BCUT2D eigenvalue weighted by Gasteiger charge is -2.19. The van der Waals surface area contributed by atoms with Crippen LogP contribution in [0.3, 0.4) is 0 Å². The van der Waals surface area contributed by atoms with E-state index in [9.17, 15) is 4.79 Å². The number of hydrogen-bond acceptors (Lipinski definition) is 6. The minimum Gasteiger partial charge on any atom is -0.339 e. The predicted molar refractivity (Wildman–Crippen MR) is 108 cm³/mol. The molecule has 1 aliphatic rings. The van der Waals surface area contributed by atoms with Gasteiger partial charge in [0.2, 0.25) is 0 Å². The molecule has 29 heavy (non-hydrogen) atoms. The molecule has 0 saturated carbocycles. The molecular formula is C21H26N6O2. The number of pyridine rings is 1. The van der Waals surface area contributed by atoms with E-state index < -0.39 is 0 Å². The zero-order valence-corrected chi connectivity index (χ0v) is 17.1. The molecule has 1 amide bonds. The number of amides is 1. The molecule has 0 aliphatic carbocycles. The summed E-state index contributed by atoms with van der Waals surface area (Å²) in [6.45, 7) is 7.56. The van der Waals surface area contributed by atoms with Gasteiger partial charge in [-0.2, -0.15) is 10.1 Å². The van der Waals surface area contributed by atoms with Crippen LogP contribution in [0, 0.1) is 6.92 Å². The zero-order chi connectivity index (χ0) is 20.4. The Kier molecular flexibility index (Phi) is 5.42. The van der Waals surface area contributed by atoms with Crippen molar-refractivity contribution in [3.63, 3.8) is 0 Å². The highest BCUT2D eigenvalue weighted by Gasteiger charge is 2.22. The van der Waals surface area contributed by atoms with Crippen LogP contribution in [-0.2, 0) is 0 Å². The summed E-state index contributed by atoms with van der Waals surface area (Å²) in [5, 5.41) is 8.45. The third kappa shape index (κ3) is 3.92. The molecule has 0 N–H and O–H groups in total. The number of likely N-dealkylation sites (tertiary alicyclic amines) is 1. The molecule has 0 unspecified atom stereocenters. The number of carbonyl (C=O) groups is 1. The Morgan fingerprint density at radius 2 is 1.93 bits per heavy atom. The van der Waals surface area contributed by atoms with Crippen LogP contribution in [0.4, 0.5) is 0 Å². The van der Waals surface area contributed by atoms with Gasteiger partial charge in [0.25, 0.3) is 11.8 Å². The van der Waals surface area contributed by atoms with Crippen LogP contribution in [0.25, 0.3) is 17.3 Å². The van der Waals surface area contributed by atoms with Crippen molar-refractivity contribution in [3.8, 4) is 17.3 Å². The minimum absolute atomic E-state index is 0.0466. The monoisotopic (exact) mass is 394 g/mol. The molecule has 152 valence electrons. The third-order valence-corrected chi connectivity index (χ3v) is 5.30. The molecular weight excluding hydrogens is 368 g/mol. The molecule has 1 fully saturated rings. The summed E-state index contributed by atoms with van der Waals surface area (Å²) < 4.78 is 7.08. The molecule has 4 heterocycles. The second-order valence-electron chi connectivity index (χ2n) is 7.78. The van der Waals surface area contributed by atoms with Crippen molar-refractivity contribution in [3.05, 3.63) is 41.6 Å². The second kappa shape index (κ2) is 8.14. The first kappa shape index (κ1) is 19.3. The van der Waals surface area contributed by atoms with Gasteiger partial charge in [-0.25, -0.2) is 9.67 Å². The van der Waals surface area contributed by atoms with E-state index in [4.69, 9.17) is 4.52 Å². The van der Waals surface area contributed by atoms with E-state index in [-0.39, 0.29) is 11.8 Å². The van der Waals surface area contributed by atoms with Crippen molar-refractivity contribution >= 4 is 5.91 Å². The quantitative estimate of drug-likeness (QED) is 0.669. The van der Waals surface area contributed by atoms with Gasteiger partial charge in [-0.1, -0.05) is 31.8 Å². The van der Waals surface area contributed by atoms with E-state index in [0.29, 0.717) is 23.1 Å². The lowest BCUT2D eigenvalue weighted by Crippen LogP contribution is -2.32. The second-order valence-corrected chi connectivity index (χ2v) is 7.78. The maximum absolute atomic E-state index is 13.0. The first-order chi connectivity index (χ1) is 14.0. The molecule has 0 bridgehead atoms. The maximum Gasteiger partial charge on any atom is 0.258 e. The lowest BCUT2D eigenvalue weighted by atomic mass is 10.2. The Morgan fingerprint density at radius 1 is 1.17 bits per heavy atom. The number of carbonyl (C=O) groups excluding carboxylic acids is 1. The summed E-state index contributed by atoms with van der Waals surface area (Å²) in [6.07, 6.45) is 7.82. The third-order valence-electron chi connectivity index (χ3n) is 5.30. The van der Waals surface area contributed by atoms with Crippen LogP contribution >= 0.6 is 0 Å². The van der Waals surface area contributed by atoms with Gasteiger partial charge in [0.05, 0.1) is 17.5 Å². The molecule has 0 spiro atoms. The molecule has 4 rings (SSSR count). The average molecular weight is 394 g/mol. The first-order valence-electron chi connectivity index (χ1n) is 10.2. The SMILES string of the molecule is Cc1c(C(=O)N2CCCCCC2)cnn1-c1cc(-c2nc(C(C)C)no2)ccn1. The number of nitrogens with zero attached hydrogens (tertiary/aromatic N) is 6. The molecule has 0 radical (unpaired) electrons. The van der Waals surface area contributed by atoms with Crippen molar-refractivity contribution < 1.29 is 9.32 Å². The molecule has 3 aromatic heterocycles. The fourth-order valence-electron chi connectivity index (χ4n) is 3.55. The van der Waals surface area contributed by atoms with Crippen LogP contribution in [0.2, 0.25) is 0 Å². The van der Waals surface area contributed by atoms with Crippen LogP contribution in [-0.4, -0.2) is 48.8 Å². The summed E-state index contributed by atoms with van der Waals surface area (Å²) in [6, 6.07) is 3.67. The van der Waals surface area contributed by atoms with Crippen molar-refractivity contribution in [2.45, 2.75) is 52.4 Å². The Bertz CT molecular complexity index is 998. The summed E-state index contributed by atoms with van der Waals surface area (Å²) in [5.41, 5.74) is 2.17. The van der Waals surface area contributed by atoms with Gasteiger partial charge in [-0.05, 0) is 31.9 Å². The number of rotatable bonds is 4. The maximum atomic E-state index is 13.0. The van der Waals surface area contributed by atoms with E-state index in [1.165, 1.54) is 12.8 Å². The van der Waals surface area contributed by atoms with Crippen molar-refractivity contribution in [1.82, 2.24) is 29.8 Å². The lowest BCUT2D eigenvalue weighted by molar-refractivity contribution is 0.0761. The average Bonchev–Trinajstić information content (AvgIpc) is 3.27. The van der Waals surface area contributed by atoms with Crippen molar-refractivity contribution in [2.75, 3.05) is 13.1 Å². The topological polar surface area (TPSA) is 89.9 Å². The van der Waals surface area contributed by atoms with E-state index in [2.05, 4.69) is 20.2 Å². The van der Waals surface area contributed by atoms with Crippen molar-refractivity contribution in [1.29, 1.82) is 0 Å². The van der Waals surface area contributed by atoms with Gasteiger partial charge in [0.1, 0.15) is 0 Å². The predicted octanol–water partition coefficient (Wildman–Crippen LogP) is 3.77. The smallest absolute Gasteiger partial charge is 0.258 e. The van der Waals surface area contributed by atoms with E-state index in [1.807, 2.05) is 37.8 Å². The van der Waals surface area contributed by atoms with E-state index in [1.54, 1.807) is 17.1 Å². The van der Waals surface area contributed by atoms with Crippen LogP contribution in [0.15, 0.2) is 29.0 Å². The Balaban J connectivity index is 1.61. The van der Waals surface area contributed by atoms with Gasteiger partial charge in [0.15, 0.2) is 11.6 Å². The van der Waals surface area contributed by atoms with Gasteiger partial charge >= 0.3 is 0 Å². The molecule has 0 atom stereocenters. The highest BCUT2D eigenvalue weighted by Crippen LogP contribution is 2.23. The Labute approximate surface area is 169 Å². The van der Waals surface area contributed by atoms with E-state index >= 15 is 0 Å². The van der Waals surface area contributed by atoms with Gasteiger partial charge < -0.3 is 9.42 Å². The molecule has 1 saturated heterocycles. The largest absolute Gasteiger partial charge is 0.339 e. The summed E-state index contributed by atoms with van der Waals surface area (Å²) in [5.74, 6) is 1.96. The fourth-order valence-corrected chi connectivity index (χ4v) is 3.55. The Hall–Kier alpha value is -3.03. The van der Waals surface area contributed by atoms with Gasteiger partial charge in [-0.3, -0.25) is 4.79 Å². The highest BCUT2D eigenvalue weighted by atomic mass is 16.5. The van der Waals surface area contributed by atoms with E-state index in [0.717, 1.165) is 37.2 Å². The van der Waals surface area contributed by atoms with Crippen LogP contribution in [0.1, 0.15) is 67.3 Å². The summed E-state index contributed by atoms with van der Waals surface area (Å²) in [7, 11) is 0. The minimum atomic E-state index is 0.0466. The first-order valence-corrected chi connectivity index (χ1v) is 10.2. The number of aromatic nitrogens is 5.